The second-order valence-electron chi connectivity index (χ2n) is 8.01. The van der Waals surface area contributed by atoms with Gasteiger partial charge in [-0.15, -0.1) is 0 Å². The van der Waals surface area contributed by atoms with Gasteiger partial charge in [0.2, 0.25) is 5.76 Å². The number of nitrogens with one attached hydrogen (secondary N) is 2. The smallest absolute Gasteiger partial charge is 0.373 e. The number of halogens is 2. The van der Waals surface area contributed by atoms with Crippen molar-refractivity contribution in [2.45, 2.75) is 6.54 Å². The zero-order valence-corrected chi connectivity index (χ0v) is 22.2. The second kappa shape index (κ2) is 11.8. The summed E-state index contributed by atoms with van der Waals surface area (Å²) in [5.41, 5.74) is 0.748. The highest BCUT2D eigenvalue weighted by molar-refractivity contribution is 9.10. The maximum absolute atomic E-state index is 13.3. The van der Waals surface area contributed by atoms with E-state index in [4.69, 9.17) is 13.9 Å². The van der Waals surface area contributed by atoms with Crippen molar-refractivity contribution < 1.29 is 42.2 Å². The van der Waals surface area contributed by atoms with Gasteiger partial charge < -0.3 is 29.3 Å². The largest absolute Gasteiger partial charge is 0.493 e. The summed E-state index contributed by atoms with van der Waals surface area (Å²) in [4.78, 5) is 50.1. The van der Waals surface area contributed by atoms with Crippen molar-refractivity contribution in [3.8, 4) is 11.5 Å². The first-order valence-corrected chi connectivity index (χ1v) is 12.0. The van der Waals surface area contributed by atoms with Crippen LogP contribution in [0.2, 0.25) is 0 Å². The summed E-state index contributed by atoms with van der Waals surface area (Å²) in [5, 5.41) is 5.03. The molecule has 0 atom stereocenters. The number of furan rings is 1. The van der Waals surface area contributed by atoms with E-state index in [2.05, 4.69) is 31.3 Å². The molecule has 0 unspecified atom stereocenters. The minimum atomic E-state index is -0.683. The average molecular weight is 602 g/mol. The quantitative estimate of drug-likeness (QED) is 0.213. The van der Waals surface area contributed by atoms with Crippen LogP contribution in [0.4, 0.5) is 14.9 Å². The molecule has 2 N–H and O–H groups in total. The summed E-state index contributed by atoms with van der Waals surface area (Å²) >= 11 is 3.39. The van der Waals surface area contributed by atoms with Crippen LogP contribution in [0.5, 0.6) is 11.5 Å². The van der Waals surface area contributed by atoms with Gasteiger partial charge >= 0.3 is 12.0 Å². The van der Waals surface area contributed by atoms with Crippen LogP contribution in [0.15, 0.2) is 63.1 Å². The van der Waals surface area contributed by atoms with Gasteiger partial charge in [-0.05, 0) is 54.1 Å². The summed E-state index contributed by atoms with van der Waals surface area (Å²) in [5.74, 6) is -1.66. The van der Waals surface area contributed by atoms with E-state index in [0.29, 0.717) is 10.0 Å². The fourth-order valence-electron chi connectivity index (χ4n) is 3.54. The Morgan fingerprint density at radius 3 is 2.64 bits per heavy atom. The minimum absolute atomic E-state index is 0.00867. The molecular weight excluding hydrogens is 581 g/mol. The SMILES string of the molecule is COC(=O)c1ccc(CN2C(=O)N/C(=C\c3cc(OC)c(OCC(=O)Nc4cccc(F)c4)cc3Br)C2=O)o1. The van der Waals surface area contributed by atoms with Crippen LogP contribution in [-0.4, -0.2) is 49.5 Å². The molecule has 1 aliphatic heterocycles. The summed E-state index contributed by atoms with van der Waals surface area (Å²) in [6.45, 7) is -0.582. The number of nitrogens with zero attached hydrogens (tertiary/aromatic N) is 1. The number of hydrogen-bond acceptors (Lipinski definition) is 8. The van der Waals surface area contributed by atoms with E-state index in [1.54, 1.807) is 12.1 Å². The zero-order valence-electron chi connectivity index (χ0n) is 20.6. The molecule has 1 saturated heterocycles. The van der Waals surface area contributed by atoms with Crippen LogP contribution in [0.3, 0.4) is 0 Å². The summed E-state index contributed by atoms with van der Waals surface area (Å²) in [6, 6.07) is 10.7. The number of carbonyl (C=O) groups is 4. The number of imide groups is 1. The van der Waals surface area contributed by atoms with E-state index < -0.39 is 29.6 Å². The lowest BCUT2D eigenvalue weighted by Crippen LogP contribution is -2.30. The van der Waals surface area contributed by atoms with Crippen LogP contribution >= 0.6 is 15.9 Å². The molecule has 4 rings (SSSR count). The Balaban J connectivity index is 1.45. The lowest BCUT2D eigenvalue weighted by atomic mass is 10.1. The van der Waals surface area contributed by atoms with Crippen LogP contribution in [0.1, 0.15) is 21.9 Å². The fourth-order valence-corrected chi connectivity index (χ4v) is 3.98. The summed E-state index contributed by atoms with van der Waals surface area (Å²) < 4.78 is 34.7. The van der Waals surface area contributed by atoms with Gasteiger partial charge in [0, 0.05) is 10.2 Å². The van der Waals surface area contributed by atoms with E-state index in [1.165, 1.54) is 56.7 Å². The number of esters is 1. The highest BCUT2D eigenvalue weighted by Crippen LogP contribution is 2.35. The first-order valence-electron chi connectivity index (χ1n) is 11.3. The van der Waals surface area contributed by atoms with Gasteiger partial charge in [0.05, 0.1) is 20.8 Å². The molecule has 39 heavy (non-hydrogen) atoms. The Kier molecular flexibility index (Phi) is 8.30. The molecule has 1 fully saturated rings. The second-order valence-corrected chi connectivity index (χ2v) is 8.86. The summed E-state index contributed by atoms with van der Waals surface area (Å²) in [7, 11) is 2.60. The van der Waals surface area contributed by atoms with E-state index in [9.17, 15) is 23.6 Å². The molecule has 11 nitrogen and oxygen atoms in total. The molecule has 1 aromatic heterocycles. The molecule has 13 heteroatoms. The van der Waals surface area contributed by atoms with E-state index in [0.717, 1.165) is 4.90 Å². The molecule has 2 heterocycles. The normalized spacial score (nSPS) is 13.8. The Hall–Kier alpha value is -4.65. The van der Waals surface area contributed by atoms with Gasteiger partial charge in [-0.1, -0.05) is 22.0 Å². The lowest BCUT2D eigenvalue weighted by Gasteiger charge is -2.13. The van der Waals surface area contributed by atoms with Crippen LogP contribution in [-0.2, 0) is 20.9 Å². The topological polar surface area (TPSA) is 136 Å². The number of anilines is 1. The molecule has 0 aliphatic carbocycles. The number of amides is 4. The maximum atomic E-state index is 13.3. The molecule has 3 aromatic rings. The van der Waals surface area contributed by atoms with Gasteiger partial charge in [0.1, 0.15) is 17.3 Å². The molecule has 2 aromatic carbocycles. The number of benzene rings is 2. The average Bonchev–Trinajstić information content (AvgIpc) is 3.48. The Labute approximate surface area is 229 Å². The van der Waals surface area contributed by atoms with Crippen molar-refractivity contribution >= 4 is 51.5 Å². The van der Waals surface area contributed by atoms with Crippen LogP contribution < -0.4 is 20.1 Å². The van der Waals surface area contributed by atoms with Crippen LogP contribution in [0, 0.1) is 5.82 Å². The van der Waals surface area contributed by atoms with Gasteiger partial charge in [0.25, 0.3) is 11.8 Å². The standard InChI is InChI=1S/C26H21BrFN3O8/c1-36-21-9-14(18(27)11-22(21)38-13-23(32)29-16-5-3-4-15(28)10-16)8-19-24(33)31(26(35)30-19)12-17-6-7-20(39-17)25(34)37-2/h3-11H,12-13H2,1-2H3,(H,29,32)(H,30,35)/b19-8-. The molecule has 0 spiro atoms. The highest BCUT2D eigenvalue weighted by atomic mass is 79.9. The summed E-state index contributed by atoms with van der Waals surface area (Å²) in [6.07, 6.45) is 1.44. The Morgan fingerprint density at radius 1 is 1.13 bits per heavy atom. The minimum Gasteiger partial charge on any atom is -0.493 e. The van der Waals surface area contributed by atoms with Crippen molar-refractivity contribution in [2.75, 3.05) is 26.1 Å². The predicted molar refractivity (Wildman–Crippen MR) is 138 cm³/mol. The highest BCUT2D eigenvalue weighted by Gasteiger charge is 2.34. The molecule has 0 radical (unpaired) electrons. The molecule has 202 valence electrons. The number of urea groups is 1. The molecule has 0 saturated carbocycles. The van der Waals surface area contributed by atoms with Crippen molar-refractivity contribution in [2.24, 2.45) is 0 Å². The molecule has 1 aliphatic rings. The van der Waals surface area contributed by atoms with Crippen LogP contribution in [0.25, 0.3) is 6.08 Å². The first kappa shape index (κ1) is 27.4. The van der Waals surface area contributed by atoms with Gasteiger partial charge in [-0.3, -0.25) is 14.5 Å². The zero-order chi connectivity index (χ0) is 28.1. The predicted octanol–water partition coefficient (Wildman–Crippen LogP) is 4.09. The third kappa shape index (κ3) is 6.44. The van der Waals surface area contributed by atoms with Crippen molar-refractivity contribution in [1.82, 2.24) is 10.2 Å². The van der Waals surface area contributed by atoms with E-state index in [-0.39, 0.29) is 47.6 Å². The number of hydrogen-bond donors (Lipinski definition) is 2. The lowest BCUT2D eigenvalue weighted by molar-refractivity contribution is -0.123. The number of carbonyl (C=O) groups excluding carboxylic acids is 4. The number of rotatable bonds is 9. The third-order valence-corrected chi connectivity index (χ3v) is 6.06. The molecule has 0 bridgehead atoms. The fraction of sp³-hybridized carbons (Fsp3) is 0.154. The van der Waals surface area contributed by atoms with Crippen molar-refractivity contribution in [1.29, 1.82) is 0 Å². The Bertz CT molecular complexity index is 1490. The van der Waals surface area contributed by atoms with Crippen molar-refractivity contribution in [3.63, 3.8) is 0 Å². The van der Waals surface area contributed by atoms with Gasteiger partial charge in [0.15, 0.2) is 18.1 Å². The number of ether oxygens (including phenoxy) is 3. The molecule has 4 amide bonds. The number of methoxy groups -OCH3 is 2. The van der Waals surface area contributed by atoms with E-state index >= 15 is 0 Å². The monoisotopic (exact) mass is 601 g/mol. The maximum Gasteiger partial charge on any atom is 0.373 e. The van der Waals surface area contributed by atoms with Crippen molar-refractivity contribution in [3.05, 3.63) is 81.6 Å². The third-order valence-electron chi connectivity index (χ3n) is 5.37. The van der Waals surface area contributed by atoms with Gasteiger partial charge in [-0.25, -0.2) is 14.0 Å². The molecular formula is C26H21BrFN3O8. The van der Waals surface area contributed by atoms with Gasteiger partial charge in [-0.2, -0.15) is 0 Å². The Morgan fingerprint density at radius 2 is 1.92 bits per heavy atom. The first-order chi connectivity index (χ1) is 18.7. The van der Waals surface area contributed by atoms with E-state index in [1.807, 2.05) is 0 Å².